The van der Waals surface area contributed by atoms with Gasteiger partial charge in [-0.2, -0.15) is 0 Å². The number of ether oxygens (including phenoxy) is 1. The van der Waals surface area contributed by atoms with Crippen LogP contribution in [0.5, 0.6) is 0 Å². The fourth-order valence-electron chi connectivity index (χ4n) is 0.597. The highest BCUT2D eigenvalue weighted by atomic mass is 32.1. The number of thiocarbonyl (C=S) groups is 1. The van der Waals surface area contributed by atoms with Gasteiger partial charge in [-0.05, 0) is 18.3 Å². The summed E-state index contributed by atoms with van der Waals surface area (Å²) in [5.74, 6) is -0.409. The smallest absolute Gasteiger partial charge is 0.354 e. The number of carbonyl (C=O) groups is 1. The fourth-order valence-corrected chi connectivity index (χ4v) is 0.707. The Bertz CT molecular complexity index is 212. The number of rotatable bonds is 1. The van der Waals surface area contributed by atoms with E-state index in [9.17, 15) is 4.79 Å². The van der Waals surface area contributed by atoms with Gasteiger partial charge in [-0.15, -0.1) is 0 Å². The lowest BCUT2D eigenvalue weighted by molar-refractivity contribution is -0.136. The van der Waals surface area contributed by atoms with E-state index in [0.717, 1.165) is 0 Å². The van der Waals surface area contributed by atoms with E-state index in [4.69, 9.17) is 5.73 Å². The Morgan fingerprint density at radius 1 is 1.90 bits per heavy atom. The van der Waals surface area contributed by atoms with E-state index in [1.54, 1.807) is 6.08 Å². The monoisotopic (exact) mass is 158 g/mol. The van der Waals surface area contributed by atoms with Crippen molar-refractivity contribution in [3.63, 3.8) is 0 Å². The van der Waals surface area contributed by atoms with E-state index in [2.05, 4.69) is 22.3 Å². The van der Waals surface area contributed by atoms with Crippen LogP contribution in [0.3, 0.4) is 0 Å². The molecule has 0 amide bonds. The molecule has 0 saturated carbocycles. The normalized spacial score (nSPS) is 16.0. The van der Waals surface area contributed by atoms with Crippen LogP contribution in [0.2, 0.25) is 0 Å². The summed E-state index contributed by atoms with van der Waals surface area (Å²) in [5.41, 5.74) is 5.43. The maximum Gasteiger partial charge on any atom is 0.354 e. The lowest BCUT2D eigenvalue weighted by Gasteiger charge is -1.99. The summed E-state index contributed by atoms with van der Waals surface area (Å²) >= 11 is 4.50. The topological polar surface area (TPSA) is 64.3 Å². The number of nitrogens with two attached hydrogens (primary N) is 1. The summed E-state index contributed by atoms with van der Waals surface area (Å²) in [4.78, 5) is 10.6. The summed E-state index contributed by atoms with van der Waals surface area (Å²) in [6.07, 6.45) is 1.58. The second kappa shape index (κ2) is 2.66. The summed E-state index contributed by atoms with van der Waals surface area (Å²) in [7, 11) is 0. The number of esters is 1. The Labute approximate surface area is 63.0 Å². The average molecular weight is 158 g/mol. The van der Waals surface area contributed by atoms with E-state index in [1.165, 1.54) is 0 Å². The van der Waals surface area contributed by atoms with Crippen molar-refractivity contribution in [1.82, 2.24) is 5.32 Å². The third kappa shape index (κ3) is 1.44. The van der Waals surface area contributed by atoms with Crippen molar-refractivity contribution < 1.29 is 9.53 Å². The molecule has 5 heteroatoms. The van der Waals surface area contributed by atoms with E-state index < -0.39 is 5.97 Å². The quantitative estimate of drug-likeness (QED) is 0.388. The van der Waals surface area contributed by atoms with Crippen LogP contribution in [-0.4, -0.2) is 17.7 Å². The largest absolute Gasteiger partial charge is 0.457 e. The predicted molar refractivity (Wildman–Crippen MR) is 39.0 cm³/mol. The molecule has 3 N–H and O–H groups in total. The van der Waals surface area contributed by atoms with Crippen LogP contribution < -0.4 is 11.1 Å². The van der Waals surface area contributed by atoms with Crippen molar-refractivity contribution in [1.29, 1.82) is 0 Å². The number of nitrogens with one attached hydrogen (secondary N) is 1. The molecule has 0 spiro atoms. The van der Waals surface area contributed by atoms with Crippen LogP contribution in [0, 0.1) is 0 Å². The molecule has 1 heterocycles. The van der Waals surface area contributed by atoms with Crippen molar-refractivity contribution in [2.24, 2.45) is 5.73 Å². The Kier molecular flexibility index (Phi) is 1.86. The third-order valence-corrected chi connectivity index (χ3v) is 1.08. The summed E-state index contributed by atoms with van der Waals surface area (Å²) in [5, 5.41) is 2.56. The van der Waals surface area contributed by atoms with Crippen LogP contribution in [0.1, 0.15) is 0 Å². The molecule has 0 aromatic carbocycles. The Hall–Kier alpha value is -1.10. The standard InChI is InChI=1S/C5H6N2O2S/c6-5(10)7-3-1-2-9-4(3)8/h1H,2H2,(H3,6,7,10). The highest BCUT2D eigenvalue weighted by molar-refractivity contribution is 7.80. The van der Waals surface area contributed by atoms with Gasteiger partial charge in [0.1, 0.15) is 12.3 Å². The second-order valence-corrected chi connectivity index (χ2v) is 2.15. The van der Waals surface area contributed by atoms with E-state index >= 15 is 0 Å². The molecule has 54 valence electrons. The zero-order valence-electron chi connectivity index (χ0n) is 5.09. The first-order chi connectivity index (χ1) is 4.70. The molecule has 1 aliphatic heterocycles. The second-order valence-electron chi connectivity index (χ2n) is 1.71. The van der Waals surface area contributed by atoms with Crippen molar-refractivity contribution in [3.05, 3.63) is 11.8 Å². The lowest BCUT2D eigenvalue weighted by Crippen LogP contribution is -2.30. The predicted octanol–water partition coefficient (Wildman–Crippen LogP) is -0.740. The highest BCUT2D eigenvalue weighted by Crippen LogP contribution is 2.01. The van der Waals surface area contributed by atoms with Crippen molar-refractivity contribution >= 4 is 23.3 Å². The van der Waals surface area contributed by atoms with Crippen molar-refractivity contribution in [2.45, 2.75) is 0 Å². The van der Waals surface area contributed by atoms with Gasteiger partial charge in [0.25, 0.3) is 0 Å². The SMILES string of the molecule is NC(=S)NC1=CCOC1=O. The van der Waals surface area contributed by atoms with Gasteiger partial charge >= 0.3 is 5.97 Å². The molecule has 0 fully saturated rings. The third-order valence-electron chi connectivity index (χ3n) is 0.980. The Morgan fingerprint density at radius 2 is 2.60 bits per heavy atom. The molecular weight excluding hydrogens is 152 g/mol. The number of hydrogen-bond acceptors (Lipinski definition) is 3. The Morgan fingerprint density at radius 3 is 3.00 bits per heavy atom. The zero-order chi connectivity index (χ0) is 7.56. The van der Waals surface area contributed by atoms with Crippen LogP contribution in [-0.2, 0) is 9.53 Å². The summed E-state index contributed by atoms with van der Waals surface area (Å²) < 4.78 is 4.56. The van der Waals surface area contributed by atoms with E-state index in [0.29, 0.717) is 12.3 Å². The molecule has 0 saturated heterocycles. The molecule has 1 aliphatic rings. The minimum Gasteiger partial charge on any atom is -0.457 e. The van der Waals surface area contributed by atoms with E-state index in [1.807, 2.05) is 0 Å². The van der Waals surface area contributed by atoms with Crippen molar-refractivity contribution in [2.75, 3.05) is 6.61 Å². The van der Waals surface area contributed by atoms with Gasteiger partial charge in [-0.25, -0.2) is 4.79 Å². The van der Waals surface area contributed by atoms with Crippen molar-refractivity contribution in [3.8, 4) is 0 Å². The molecular formula is C5H6N2O2S. The maximum atomic E-state index is 10.6. The molecule has 0 aliphatic carbocycles. The molecule has 0 unspecified atom stereocenters. The first-order valence-electron chi connectivity index (χ1n) is 2.64. The van der Waals surface area contributed by atoms with Gasteiger partial charge in [-0.1, -0.05) is 0 Å². The molecule has 0 radical (unpaired) electrons. The highest BCUT2D eigenvalue weighted by Gasteiger charge is 2.16. The molecule has 0 bridgehead atoms. The van der Waals surface area contributed by atoms with Crippen LogP contribution in [0.4, 0.5) is 0 Å². The lowest BCUT2D eigenvalue weighted by atomic mass is 10.4. The molecule has 10 heavy (non-hydrogen) atoms. The maximum absolute atomic E-state index is 10.6. The van der Waals surface area contributed by atoms with Gasteiger partial charge in [0.15, 0.2) is 5.11 Å². The number of cyclic esters (lactones) is 1. The zero-order valence-corrected chi connectivity index (χ0v) is 5.90. The summed E-state index contributed by atoms with van der Waals surface area (Å²) in [6.45, 7) is 0.295. The van der Waals surface area contributed by atoms with Crippen LogP contribution in [0.25, 0.3) is 0 Å². The van der Waals surface area contributed by atoms with Gasteiger partial charge in [0.2, 0.25) is 0 Å². The first kappa shape index (κ1) is 7.01. The fraction of sp³-hybridized carbons (Fsp3) is 0.200. The van der Waals surface area contributed by atoms with Gasteiger partial charge in [-0.3, -0.25) is 0 Å². The average Bonchev–Trinajstić information content (AvgIpc) is 2.15. The van der Waals surface area contributed by atoms with Gasteiger partial charge < -0.3 is 15.8 Å². The summed E-state index contributed by atoms with van der Waals surface area (Å²) in [6, 6.07) is 0. The number of hydrogen-bond donors (Lipinski definition) is 2. The molecule has 4 nitrogen and oxygen atoms in total. The molecule has 0 atom stereocenters. The van der Waals surface area contributed by atoms with Gasteiger partial charge in [0.05, 0.1) is 0 Å². The molecule has 0 aromatic heterocycles. The number of carbonyl (C=O) groups excluding carboxylic acids is 1. The molecule has 0 aromatic rings. The van der Waals surface area contributed by atoms with E-state index in [-0.39, 0.29) is 5.11 Å². The van der Waals surface area contributed by atoms with Crippen LogP contribution in [0.15, 0.2) is 11.8 Å². The minimum atomic E-state index is -0.409. The van der Waals surface area contributed by atoms with Crippen LogP contribution >= 0.6 is 12.2 Å². The first-order valence-corrected chi connectivity index (χ1v) is 3.04. The van der Waals surface area contributed by atoms with Gasteiger partial charge in [0, 0.05) is 0 Å². The Balaban J connectivity index is 2.56. The minimum absolute atomic E-state index is 0.0742. The molecule has 1 rings (SSSR count).